The number of hydrogen-bond donors (Lipinski definition) is 2. The SMILES string of the molecule is COc1cc(CN2CCCCC2CC(=O)O)cc(Br)c1O. The number of carbonyl (C=O) groups is 1. The molecule has 2 rings (SSSR count). The van der Waals surface area contributed by atoms with Crippen LogP contribution in [-0.2, 0) is 11.3 Å². The number of hydrogen-bond acceptors (Lipinski definition) is 4. The van der Waals surface area contributed by atoms with Gasteiger partial charge in [0.2, 0.25) is 0 Å². The van der Waals surface area contributed by atoms with Gasteiger partial charge in [-0.2, -0.15) is 0 Å². The molecule has 2 N–H and O–H groups in total. The highest BCUT2D eigenvalue weighted by Gasteiger charge is 2.25. The van der Waals surface area contributed by atoms with E-state index in [1.165, 1.54) is 7.11 Å². The lowest BCUT2D eigenvalue weighted by Gasteiger charge is -2.35. The second kappa shape index (κ2) is 7.13. The monoisotopic (exact) mass is 357 g/mol. The minimum Gasteiger partial charge on any atom is -0.503 e. The van der Waals surface area contributed by atoms with Crippen molar-refractivity contribution in [3.05, 3.63) is 22.2 Å². The fraction of sp³-hybridized carbons (Fsp3) is 0.533. The lowest BCUT2D eigenvalue weighted by atomic mass is 9.98. The molecule has 1 aromatic carbocycles. The molecule has 1 saturated heterocycles. The summed E-state index contributed by atoms with van der Waals surface area (Å²) in [7, 11) is 1.51. The first kappa shape index (κ1) is 16.1. The molecule has 0 aromatic heterocycles. The second-order valence-electron chi connectivity index (χ2n) is 5.35. The van der Waals surface area contributed by atoms with Crippen molar-refractivity contribution in [2.45, 2.75) is 38.3 Å². The number of ether oxygens (including phenoxy) is 1. The zero-order chi connectivity index (χ0) is 15.4. The predicted molar refractivity (Wildman–Crippen MR) is 82.7 cm³/mol. The third-order valence-electron chi connectivity index (χ3n) is 3.85. The summed E-state index contributed by atoms with van der Waals surface area (Å²) >= 11 is 3.32. The fourth-order valence-electron chi connectivity index (χ4n) is 2.81. The molecule has 0 spiro atoms. The maximum Gasteiger partial charge on any atom is 0.304 e. The van der Waals surface area contributed by atoms with Crippen LogP contribution in [0.25, 0.3) is 0 Å². The summed E-state index contributed by atoms with van der Waals surface area (Å²) in [6.45, 7) is 1.56. The first-order chi connectivity index (χ1) is 10.0. The molecule has 1 aliphatic rings. The number of carboxylic acids is 1. The Balaban J connectivity index is 2.15. The Kier molecular flexibility index (Phi) is 5.47. The van der Waals surface area contributed by atoms with Gasteiger partial charge in [0.15, 0.2) is 11.5 Å². The van der Waals surface area contributed by atoms with Gasteiger partial charge in [-0.05, 0) is 53.0 Å². The number of piperidine rings is 1. The van der Waals surface area contributed by atoms with Crippen molar-refractivity contribution in [1.29, 1.82) is 0 Å². The van der Waals surface area contributed by atoms with Crippen LogP contribution in [-0.4, -0.2) is 40.8 Å². The van der Waals surface area contributed by atoms with Gasteiger partial charge in [-0.3, -0.25) is 9.69 Å². The molecule has 0 saturated carbocycles. The van der Waals surface area contributed by atoms with Gasteiger partial charge in [-0.1, -0.05) is 6.42 Å². The molecule has 116 valence electrons. The molecule has 0 bridgehead atoms. The largest absolute Gasteiger partial charge is 0.503 e. The number of nitrogens with zero attached hydrogens (tertiary/aromatic N) is 1. The van der Waals surface area contributed by atoms with E-state index >= 15 is 0 Å². The Morgan fingerprint density at radius 3 is 2.90 bits per heavy atom. The third kappa shape index (κ3) is 4.11. The highest BCUT2D eigenvalue weighted by atomic mass is 79.9. The average Bonchev–Trinajstić information content (AvgIpc) is 2.44. The normalized spacial score (nSPS) is 19.4. The molecule has 5 nitrogen and oxygen atoms in total. The minimum atomic E-state index is -0.753. The number of rotatable bonds is 5. The number of halogens is 1. The number of phenolic OH excluding ortho intramolecular Hbond substituents is 1. The molecule has 1 unspecified atom stereocenters. The molecule has 0 radical (unpaired) electrons. The van der Waals surface area contributed by atoms with E-state index in [9.17, 15) is 9.90 Å². The van der Waals surface area contributed by atoms with Crippen LogP contribution in [0.1, 0.15) is 31.2 Å². The first-order valence-electron chi connectivity index (χ1n) is 7.02. The second-order valence-corrected chi connectivity index (χ2v) is 6.20. The summed E-state index contributed by atoms with van der Waals surface area (Å²) in [4.78, 5) is 13.2. The summed E-state index contributed by atoms with van der Waals surface area (Å²) in [5, 5.41) is 18.9. The van der Waals surface area contributed by atoms with Crippen LogP contribution in [0.3, 0.4) is 0 Å². The van der Waals surface area contributed by atoms with Crippen molar-refractivity contribution in [1.82, 2.24) is 4.90 Å². The maximum atomic E-state index is 11.0. The zero-order valence-corrected chi connectivity index (χ0v) is 13.6. The Morgan fingerprint density at radius 1 is 1.48 bits per heavy atom. The van der Waals surface area contributed by atoms with Crippen LogP contribution >= 0.6 is 15.9 Å². The van der Waals surface area contributed by atoms with Gasteiger partial charge in [-0.25, -0.2) is 0 Å². The fourth-order valence-corrected chi connectivity index (χ4v) is 3.30. The van der Waals surface area contributed by atoms with Gasteiger partial charge in [0, 0.05) is 12.6 Å². The first-order valence-corrected chi connectivity index (χ1v) is 7.81. The lowest BCUT2D eigenvalue weighted by Crippen LogP contribution is -2.40. The average molecular weight is 358 g/mol. The number of aromatic hydroxyl groups is 1. The Hall–Kier alpha value is -1.27. The number of carboxylic acid groups (broad SMARTS) is 1. The van der Waals surface area contributed by atoms with Crippen LogP contribution in [0, 0.1) is 0 Å². The number of phenols is 1. The minimum absolute atomic E-state index is 0.0785. The molecule has 1 fully saturated rings. The van der Waals surface area contributed by atoms with Gasteiger partial charge < -0.3 is 14.9 Å². The molecular formula is C15H20BrNO4. The molecule has 1 atom stereocenters. The zero-order valence-electron chi connectivity index (χ0n) is 12.0. The molecule has 1 aromatic rings. The van der Waals surface area contributed by atoms with Crippen LogP contribution < -0.4 is 4.74 Å². The maximum absolute atomic E-state index is 11.0. The Morgan fingerprint density at radius 2 is 2.24 bits per heavy atom. The van der Waals surface area contributed by atoms with Gasteiger partial charge >= 0.3 is 5.97 Å². The van der Waals surface area contributed by atoms with Crippen molar-refractivity contribution in [2.75, 3.05) is 13.7 Å². The highest BCUT2D eigenvalue weighted by Crippen LogP contribution is 2.36. The number of likely N-dealkylation sites (tertiary alicyclic amines) is 1. The number of benzene rings is 1. The number of aliphatic carboxylic acids is 1. The predicted octanol–water partition coefficient (Wildman–Crippen LogP) is 2.99. The summed E-state index contributed by atoms with van der Waals surface area (Å²) in [5.41, 5.74) is 0.994. The van der Waals surface area contributed by atoms with Crippen molar-refractivity contribution in [2.24, 2.45) is 0 Å². The van der Waals surface area contributed by atoms with Crippen LogP contribution in [0.5, 0.6) is 11.5 Å². The van der Waals surface area contributed by atoms with E-state index in [0.29, 0.717) is 16.8 Å². The van der Waals surface area contributed by atoms with E-state index in [2.05, 4.69) is 20.8 Å². The van der Waals surface area contributed by atoms with Gasteiger partial charge in [0.1, 0.15) is 0 Å². The van der Waals surface area contributed by atoms with Crippen molar-refractivity contribution in [3.63, 3.8) is 0 Å². The Labute approximate surface area is 132 Å². The van der Waals surface area contributed by atoms with Crippen molar-refractivity contribution >= 4 is 21.9 Å². The molecule has 0 amide bonds. The van der Waals surface area contributed by atoms with Gasteiger partial charge in [0.25, 0.3) is 0 Å². The molecule has 0 aliphatic carbocycles. The topological polar surface area (TPSA) is 70.0 Å². The van der Waals surface area contributed by atoms with E-state index in [0.717, 1.165) is 31.4 Å². The van der Waals surface area contributed by atoms with E-state index in [1.807, 2.05) is 6.07 Å². The lowest BCUT2D eigenvalue weighted by molar-refractivity contribution is -0.138. The summed E-state index contributed by atoms with van der Waals surface area (Å²) in [6, 6.07) is 3.73. The standard InChI is InChI=1S/C15H20BrNO4/c1-21-13-7-10(6-12(16)15(13)20)9-17-5-3-2-4-11(17)8-14(18)19/h6-7,11,20H,2-5,8-9H2,1H3,(H,18,19). The summed E-state index contributed by atoms with van der Waals surface area (Å²) < 4.78 is 5.74. The van der Waals surface area contributed by atoms with E-state index < -0.39 is 5.97 Å². The molecule has 6 heteroatoms. The third-order valence-corrected chi connectivity index (χ3v) is 4.46. The number of methoxy groups -OCH3 is 1. The highest BCUT2D eigenvalue weighted by molar-refractivity contribution is 9.10. The molecule has 21 heavy (non-hydrogen) atoms. The van der Waals surface area contributed by atoms with Crippen LogP contribution in [0.15, 0.2) is 16.6 Å². The summed E-state index contributed by atoms with van der Waals surface area (Å²) in [5.74, 6) is -0.246. The van der Waals surface area contributed by atoms with Crippen LogP contribution in [0.2, 0.25) is 0 Å². The van der Waals surface area contributed by atoms with Gasteiger partial charge in [-0.15, -0.1) is 0 Å². The van der Waals surface area contributed by atoms with Crippen molar-refractivity contribution in [3.8, 4) is 11.5 Å². The molecule has 1 heterocycles. The molecular weight excluding hydrogens is 338 g/mol. The van der Waals surface area contributed by atoms with Gasteiger partial charge in [0.05, 0.1) is 18.0 Å². The summed E-state index contributed by atoms with van der Waals surface area (Å²) in [6.07, 6.45) is 3.27. The van der Waals surface area contributed by atoms with E-state index in [4.69, 9.17) is 9.84 Å². The smallest absolute Gasteiger partial charge is 0.304 e. The quantitative estimate of drug-likeness (QED) is 0.847. The van der Waals surface area contributed by atoms with E-state index in [1.54, 1.807) is 6.07 Å². The Bertz CT molecular complexity index is 521. The molecule has 1 aliphatic heterocycles. The van der Waals surface area contributed by atoms with Crippen LogP contribution in [0.4, 0.5) is 0 Å². The van der Waals surface area contributed by atoms with Crippen molar-refractivity contribution < 1.29 is 19.7 Å². The van der Waals surface area contributed by atoms with E-state index in [-0.39, 0.29) is 18.2 Å².